The molecule has 3 aromatic heterocycles. The van der Waals surface area contributed by atoms with Crippen LogP contribution in [0.2, 0.25) is 0 Å². The minimum Gasteiger partial charge on any atom is -0.462 e. The Hall–Kier alpha value is -2.43. The average Bonchev–Trinajstić information content (AvgIpc) is 3.50. The van der Waals surface area contributed by atoms with E-state index in [0.717, 1.165) is 52.8 Å². The molecule has 7 nitrogen and oxygen atoms in total. The topological polar surface area (TPSA) is 94.3 Å². The number of hydrogen-bond donors (Lipinski definition) is 1. The van der Waals surface area contributed by atoms with Gasteiger partial charge in [-0.15, -0.1) is 32.9 Å². The summed E-state index contributed by atoms with van der Waals surface area (Å²) in [5.41, 5.74) is 1.54. The summed E-state index contributed by atoms with van der Waals surface area (Å²) in [4.78, 5) is 27.3. The van der Waals surface area contributed by atoms with E-state index in [4.69, 9.17) is 9.15 Å². The summed E-state index contributed by atoms with van der Waals surface area (Å²) in [6.07, 6.45) is 7.55. The fourth-order valence-corrected chi connectivity index (χ4v) is 5.73. The van der Waals surface area contributed by atoms with E-state index in [2.05, 4.69) is 15.5 Å². The number of aryl methyl sites for hydroxylation is 1. The number of carbonyl (C=O) groups excluding carboxylic acids is 2. The van der Waals surface area contributed by atoms with Gasteiger partial charge in [0.15, 0.2) is 0 Å². The van der Waals surface area contributed by atoms with Crippen molar-refractivity contribution in [3.8, 4) is 0 Å². The molecule has 0 aliphatic heterocycles. The standard InChI is InChI=1S/C21H21N3O4S3/c1-2-27-20(26)18-14-7-3-4-8-15(14)31-19(18)22-16(25)12-30-21-24-23-17(28-21)10-9-13-6-5-11-29-13/h5-6,9-11H,2-4,7-8,12H2,1H3,(H,22,25). The number of carbonyl (C=O) groups is 2. The Morgan fingerprint density at radius 1 is 1.29 bits per heavy atom. The molecule has 1 amide bonds. The summed E-state index contributed by atoms with van der Waals surface area (Å²) in [6.45, 7) is 2.08. The van der Waals surface area contributed by atoms with Crippen LogP contribution >= 0.6 is 34.4 Å². The van der Waals surface area contributed by atoms with Crippen LogP contribution in [0, 0.1) is 0 Å². The first kappa shape index (κ1) is 21.8. The molecule has 1 aliphatic carbocycles. The number of rotatable bonds is 8. The first-order chi connectivity index (χ1) is 15.1. The number of anilines is 1. The van der Waals surface area contributed by atoms with Crippen molar-refractivity contribution < 1.29 is 18.7 Å². The Morgan fingerprint density at radius 2 is 2.16 bits per heavy atom. The van der Waals surface area contributed by atoms with E-state index in [0.29, 0.717) is 28.3 Å². The van der Waals surface area contributed by atoms with Gasteiger partial charge in [-0.25, -0.2) is 4.79 Å². The molecular weight excluding hydrogens is 454 g/mol. The lowest BCUT2D eigenvalue weighted by Gasteiger charge is -2.12. The Bertz CT molecular complexity index is 1090. The van der Waals surface area contributed by atoms with Crippen molar-refractivity contribution in [2.45, 2.75) is 37.8 Å². The second-order valence-corrected chi connectivity index (χ2v) is 9.74. The lowest BCUT2D eigenvalue weighted by molar-refractivity contribution is -0.113. The third kappa shape index (κ3) is 5.44. The highest BCUT2D eigenvalue weighted by atomic mass is 32.2. The maximum Gasteiger partial charge on any atom is 0.341 e. The van der Waals surface area contributed by atoms with Crippen molar-refractivity contribution in [1.29, 1.82) is 0 Å². The van der Waals surface area contributed by atoms with Gasteiger partial charge in [0.1, 0.15) is 5.00 Å². The van der Waals surface area contributed by atoms with Crippen molar-refractivity contribution in [3.05, 3.63) is 44.3 Å². The molecule has 4 rings (SSSR count). The summed E-state index contributed by atoms with van der Waals surface area (Å²) in [5, 5.41) is 13.7. The molecule has 3 heterocycles. The largest absolute Gasteiger partial charge is 0.462 e. The van der Waals surface area contributed by atoms with Gasteiger partial charge in [-0.1, -0.05) is 17.8 Å². The third-order valence-corrected chi connectivity index (χ3v) is 7.45. The molecule has 0 saturated heterocycles. The van der Waals surface area contributed by atoms with Crippen LogP contribution in [0.15, 0.2) is 27.2 Å². The summed E-state index contributed by atoms with van der Waals surface area (Å²) in [7, 11) is 0. The van der Waals surface area contributed by atoms with Crippen molar-refractivity contribution >= 4 is 63.5 Å². The van der Waals surface area contributed by atoms with Gasteiger partial charge in [0, 0.05) is 15.8 Å². The second kappa shape index (κ2) is 10.3. The maximum atomic E-state index is 12.5. The predicted octanol–water partition coefficient (Wildman–Crippen LogP) is 5.15. The Labute approximate surface area is 191 Å². The number of thioether (sulfide) groups is 1. The molecule has 0 fully saturated rings. The number of nitrogens with one attached hydrogen (secondary N) is 1. The number of fused-ring (bicyclic) bond motifs is 1. The van der Waals surface area contributed by atoms with Crippen LogP contribution in [0.3, 0.4) is 0 Å². The van der Waals surface area contributed by atoms with Gasteiger partial charge in [-0.3, -0.25) is 4.79 Å². The third-order valence-electron chi connectivity index (χ3n) is 4.59. The van der Waals surface area contributed by atoms with E-state index >= 15 is 0 Å². The first-order valence-corrected chi connectivity index (χ1v) is 12.6. The van der Waals surface area contributed by atoms with E-state index in [1.54, 1.807) is 24.3 Å². The Morgan fingerprint density at radius 3 is 2.97 bits per heavy atom. The molecule has 0 atom stereocenters. The lowest BCUT2D eigenvalue weighted by Crippen LogP contribution is -2.17. The van der Waals surface area contributed by atoms with Crippen LogP contribution in [0.1, 0.15) is 51.3 Å². The van der Waals surface area contributed by atoms with Crippen molar-refractivity contribution in [2.75, 3.05) is 17.7 Å². The van der Waals surface area contributed by atoms with E-state index < -0.39 is 0 Å². The van der Waals surface area contributed by atoms with Crippen LogP contribution in [0.25, 0.3) is 12.2 Å². The number of nitrogens with zero attached hydrogens (tertiary/aromatic N) is 2. The van der Waals surface area contributed by atoms with Crippen LogP contribution in [-0.2, 0) is 22.4 Å². The molecule has 162 valence electrons. The van der Waals surface area contributed by atoms with E-state index in [9.17, 15) is 9.59 Å². The summed E-state index contributed by atoms with van der Waals surface area (Å²) in [5.74, 6) is -0.125. The molecule has 31 heavy (non-hydrogen) atoms. The molecule has 1 N–H and O–H groups in total. The predicted molar refractivity (Wildman–Crippen MR) is 124 cm³/mol. The van der Waals surface area contributed by atoms with Crippen molar-refractivity contribution in [3.63, 3.8) is 0 Å². The van der Waals surface area contributed by atoms with Gasteiger partial charge in [-0.2, -0.15) is 0 Å². The quantitative estimate of drug-likeness (QED) is 0.356. The average molecular weight is 476 g/mol. The number of amides is 1. The van der Waals surface area contributed by atoms with Gasteiger partial charge >= 0.3 is 5.97 Å². The molecule has 0 radical (unpaired) electrons. The monoisotopic (exact) mass is 475 g/mol. The number of esters is 1. The van der Waals surface area contributed by atoms with Gasteiger partial charge in [0.05, 0.1) is 17.9 Å². The Balaban J connectivity index is 1.38. The fourth-order valence-electron chi connectivity index (χ4n) is 3.25. The maximum absolute atomic E-state index is 12.5. The van der Waals surface area contributed by atoms with E-state index in [1.807, 2.05) is 23.6 Å². The Kier molecular flexibility index (Phi) is 7.21. The van der Waals surface area contributed by atoms with Crippen LogP contribution in [-0.4, -0.2) is 34.4 Å². The molecule has 0 bridgehead atoms. The minimum atomic E-state index is -0.371. The number of aromatic nitrogens is 2. The molecule has 1 aliphatic rings. The smallest absolute Gasteiger partial charge is 0.341 e. The zero-order valence-corrected chi connectivity index (χ0v) is 19.3. The van der Waals surface area contributed by atoms with Crippen LogP contribution < -0.4 is 5.32 Å². The molecular formula is C21H21N3O4S3. The van der Waals surface area contributed by atoms with Gasteiger partial charge < -0.3 is 14.5 Å². The zero-order valence-electron chi connectivity index (χ0n) is 16.9. The normalized spacial score (nSPS) is 13.3. The van der Waals surface area contributed by atoms with Crippen LogP contribution in [0.5, 0.6) is 0 Å². The highest BCUT2D eigenvalue weighted by Crippen LogP contribution is 2.38. The summed E-state index contributed by atoms with van der Waals surface area (Å²) in [6, 6.07) is 3.96. The molecule has 0 spiro atoms. The van der Waals surface area contributed by atoms with Gasteiger partial charge in [0.25, 0.3) is 5.22 Å². The summed E-state index contributed by atoms with van der Waals surface area (Å²) >= 11 is 4.24. The molecule has 0 unspecified atom stereocenters. The second-order valence-electron chi connectivity index (χ2n) is 6.73. The van der Waals surface area contributed by atoms with Crippen molar-refractivity contribution in [2.24, 2.45) is 0 Å². The van der Waals surface area contributed by atoms with Crippen LogP contribution in [0.4, 0.5) is 5.00 Å². The summed E-state index contributed by atoms with van der Waals surface area (Å²) < 4.78 is 10.8. The highest BCUT2D eigenvalue weighted by molar-refractivity contribution is 7.99. The zero-order chi connectivity index (χ0) is 21.6. The minimum absolute atomic E-state index is 0.0983. The SMILES string of the molecule is CCOC(=O)c1c(NC(=O)CSc2nnc(C=Cc3cccs3)o2)sc2c1CCCC2. The highest BCUT2D eigenvalue weighted by Gasteiger charge is 2.27. The fraction of sp³-hybridized carbons (Fsp3) is 0.333. The van der Waals surface area contributed by atoms with Crippen molar-refractivity contribution in [1.82, 2.24) is 10.2 Å². The van der Waals surface area contributed by atoms with Gasteiger partial charge in [0.2, 0.25) is 11.8 Å². The number of hydrogen-bond acceptors (Lipinski definition) is 9. The molecule has 10 heteroatoms. The molecule has 0 aromatic carbocycles. The lowest BCUT2D eigenvalue weighted by atomic mass is 9.95. The molecule has 0 saturated carbocycles. The number of thiophene rings is 2. The van der Waals surface area contributed by atoms with E-state index in [-0.39, 0.29) is 17.6 Å². The molecule has 3 aromatic rings. The van der Waals surface area contributed by atoms with E-state index in [1.165, 1.54) is 11.3 Å². The van der Waals surface area contributed by atoms with Gasteiger partial charge in [-0.05, 0) is 55.7 Å². The number of ether oxygens (including phenoxy) is 1. The first-order valence-electron chi connectivity index (χ1n) is 9.93.